The van der Waals surface area contributed by atoms with Crippen molar-refractivity contribution in [1.29, 1.82) is 0 Å². The Bertz CT molecular complexity index is 759. The molecule has 1 amide bonds. The van der Waals surface area contributed by atoms with Gasteiger partial charge in [-0.2, -0.15) is 0 Å². The molecule has 1 aliphatic heterocycles. The minimum Gasteiger partial charge on any atom is -0.375 e. The van der Waals surface area contributed by atoms with E-state index in [1.165, 1.54) is 0 Å². The summed E-state index contributed by atoms with van der Waals surface area (Å²) in [4.78, 5) is 14.8. The maximum atomic E-state index is 13.1. The van der Waals surface area contributed by atoms with Crippen LogP contribution < -0.4 is 0 Å². The second-order valence-electron chi connectivity index (χ2n) is 7.29. The molecule has 0 saturated heterocycles. The van der Waals surface area contributed by atoms with E-state index in [-0.39, 0.29) is 5.91 Å². The van der Waals surface area contributed by atoms with Crippen LogP contribution in [0.4, 0.5) is 0 Å². The van der Waals surface area contributed by atoms with E-state index in [0.29, 0.717) is 6.54 Å². The van der Waals surface area contributed by atoms with Crippen molar-refractivity contribution in [2.24, 2.45) is 5.41 Å². The maximum absolute atomic E-state index is 13.1. The number of hydrogen-bond donors (Lipinski definition) is 1. The Morgan fingerprint density at radius 2 is 1.50 bits per heavy atom. The van der Waals surface area contributed by atoms with Crippen molar-refractivity contribution < 1.29 is 9.90 Å². The van der Waals surface area contributed by atoms with Gasteiger partial charge in [0.25, 0.3) is 5.91 Å². The molecule has 124 valence electrons. The largest absolute Gasteiger partial charge is 0.375 e. The quantitative estimate of drug-likeness (QED) is 0.933. The van der Waals surface area contributed by atoms with Crippen molar-refractivity contribution >= 4 is 11.6 Å². The molecule has 2 aromatic rings. The summed E-state index contributed by atoms with van der Waals surface area (Å²) in [6.07, 6.45) is 1.72. The van der Waals surface area contributed by atoms with Gasteiger partial charge >= 0.3 is 0 Å². The first-order valence-corrected chi connectivity index (χ1v) is 8.19. The van der Waals surface area contributed by atoms with E-state index in [2.05, 4.69) is 0 Å². The normalized spacial score (nSPS) is 21.1. The summed E-state index contributed by atoms with van der Waals surface area (Å²) in [5, 5.41) is 11.1. The fraction of sp³-hybridized carbons (Fsp3) is 0.286. The summed E-state index contributed by atoms with van der Waals surface area (Å²) in [6, 6.07) is 19.6. The Kier molecular flexibility index (Phi) is 4.06. The summed E-state index contributed by atoms with van der Waals surface area (Å²) < 4.78 is 0. The summed E-state index contributed by atoms with van der Waals surface area (Å²) in [7, 11) is 0. The van der Waals surface area contributed by atoms with Gasteiger partial charge in [-0.05, 0) is 17.2 Å². The molecule has 0 radical (unpaired) electrons. The zero-order valence-corrected chi connectivity index (χ0v) is 14.4. The van der Waals surface area contributed by atoms with Crippen LogP contribution in [0.2, 0.25) is 0 Å². The molecule has 3 rings (SSSR count). The Labute approximate surface area is 143 Å². The first-order valence-electron chi connectivity index (χ1n) is 8.19. The van der Waals surface area contributed by atoms with Crippen LogP contribution in [-0.4, -0.2) is 21.5 Å². The smallest absolute Gasteiger partial charge is 0.263 e. The Balaban J connectivity index is 2.06. The number of carbonyl (C=O) groups excluding carboxylic acids is 1. The van der Waals surface area contributed by atoms with Gasteiger partial charge in [-0.3, -0.25) is 4.79 Å². The molecule has 0 saturated carbocycles. The third-order valence-corrected chi connectivity index (χ3v) is 4.60. The van der Waals surface area contributed by atoms with Gasteiger partial charge in [-0.15, -0.1) is 0 Å². The fourth-order valence-electron chi connectivity index (χ4n) is 2.96. The van der Waals surface area contributed by atoms with Gasteiger partial charge in [0.1, 0.15) is 0 Å². The first kappa shape index (κ1) is 16.5. The van der Waals surface area contributed by atoms with Crippen molar-refractivity contribution in [1.82, 2.24) is 4.90 Å². The van der Waals surface area contributed by atoms with Crippen LogP contribution in [0.3, 0.4) is 0 Å². The summed E-state index contributed by atoms with van der Waals surface area (Å²) in [5.74, 6) is -0.266. The maximum Gasteiger partial charge on any atom is 0.263 e. The van der Waals surface area contributed by atoms with Gasteiger partial charge in [-0.1, -0.05) is 81.4 Å². The Morgan fingerprint density at radius 3 is 2.04 bits per heavy atom. The molecule has 1 aliphatic rings. The number of aliphatic hydroxyl groups is 1. The third kappa shape index (κ3) is 2.76. The van der Waals surface area contributed by atoms with Crippen LogP contribution in [-0.2, 0) is 11.3 Å². The Hall–Kier alpha value is -2.39. The molecular weight excluding hydrogens is 298 g/mol. The molecule has 1 atom stereocenters. The number of benzene rings is 2. The first-order chi connectivity index (χ1) is 11.3. The van der Waals surface area contributed by atoms with Crippen LogP contribution >= 0.6 is 0 Å². The zero-order chi connectivity index (χ0) is 17.4. The predicted molar refractivity (Wildman–Crippen MR) is 95.8 cm³/mol. The van der Waals surface area contributed by atoms with E-state index in [1.54, 1.807) is 11.0 Å². The number of hydrogen-bond acceptors (Lipinski definition) is 2. The van der Waals surface area contributed by atoms with Gasteiger partial charge in [0.05, 0.1) is 12.2 Å². The minimum atomic E-state index is -1.51. The van der Waals surface area contributed by atoms with E-state index >= 15 is 0 Å². The lowest BCUT2D eigenvalue weighted by molar-refractivity contribution is -0.149. The van der Waals surface area contributed by atoms with E-state index in [4.69, 9.17) is 0 Å². The molecule has 0 spiro atoms. The van der Waals surface area contributed by atoms with Gasteiger partial charge in [0, 0.05) is 5.41 Å². The highest BCUT2D eigenvalue weighted by molar-refractivity contribution is 6.01. The highest BCUT2D eigenvalue weighted by atomic mass is 16.3. The second kappa shape index (κ2) is 5.91. The van der Waals surface area contributed by atoms with E-state index in [9.17, 15) is 9.90 Å². The number of rotatable bonds is 3. The molecule has 1 N–H and O–H groups in total. The highest BCUT2D eigenvalue weighted by Gasteiger charge is 2.52. The predicted octanol–water partition coefficient (Wildman–Crippen LogP) is 3.85. The van der Waals surface area contributed by atoms with Gasteiger partial charge in [0.2, 0.25) is 0 Å². The molecule has 0 fully saturated rings. The lowest BCUT2D eigenvalue weighted by Gasteiger charge is -2.34. The van der Waals surface area contributed by atoms with E-state index in [1.807, 2.05) is 81.4 Å². The standard InChI is InChI=1S/C21H23NO2/c1-20(2,3)21(24)14-18(17-12-8-5-9-13-17)22(19(21)23)15-16-10-6-4-7-11-16/h4-14,24H,15H2,1-3H3/t21-/m1/s1. The average Bonchev–Trinajstić information content (AvgIpc) is 2.83. The molecule has 0 aromatic heterocycles. The molecule has 2 aromatic carbocycles. The zero-order valence-electron chi connectivity index (χ0n) is 14.4. The molecular formula is C21H23NO2. The molecule has 0 aliphatic carbocycles. The van der Waals surface area contributed by atoms with Crippen molar-refractivity contribution in [2.45, 2.75) is 32.9 Å². The molecule has 0 bridgehead atoms. The summed E-state index contributed by atoms with van der Waals surface area (Å²) in [6.45, 7) is 6.10. The number of nitrogens with zero attached hydrogens (tertiary/aromatic N) is 1. The lowest BCUT2D eigenvalue weighted by Crippen LogP contribution is -2.50. The van der Waals surface area contributed by atoms with Crippen molar-refractivity contribution in [3.63, 3.8) is 0 Å². The molecule has 24 heavy (non-hydrogen) atoms. The van der Waals surface area contributed by atoms with Gasteiger partial charge in [-0.25, -0.2) is 0 Å². The highest BCUT2D eigenvalue weighted by Crippen LogP contribution is 2.42. The van der Waals surface area contributed by atoms with Crippen molar-refractivity contribution in [2.75, 3.05) is 0 Å². The van der Waals surface area contributed by atoms with Crippen LogP contribution in [0, 0.1) is 5.41 Å². The molecule has 3 nitrogen and oxygen atoms in total. The third-order valence-electron chi connectivity index (χ3n) is 4.60. The Morgan fingerprint density at radius 1 is 0.958 bits per heavy atom. The summed E-state index contributed by atoms with van der Waals surface area (Å²) in [5.41, 5.74) is 0.636. The minimum absolute atomic E-state index is 0.266. The number of amides is 1. The number of carbonyl (C=O) groups is 1. The van der Waals surface area contributed by atoms with E-state index < -0.39 is 11.0 Å². The van der Waals surface area contributed by atoms with Crippen LogP contribution in [0.1, 0.15) is 31.9 Å². The monoisotopic (exact) mass is 321 g/mol. The van der Waals surface area contributed by atoms with Gasteiger partial charge < -0.3 is 10.0 Å². The van der Waals surface area contributed by atoms with Crippen LogP contribution in [0.5, 0.6) is 0 Å². The topological polar surface area (TPSA) is 40.5 Å². The fourth-order valence-corrected chi connectivity index (χ4v) is 2.96. The van der Waals surface area contributed by atoms with Crippen molar-refractivity contribution in [3.05, 3.63) is 77.9 Å². The van der Waals surface area contributed by atoms with Gasteiger partial charge in [0.15, 0.2) is 5.60 Å². The lowest BCUT2D eigenvalue weighted by atomic mass is 9.76. The van der Waals surface area contributed by atoms with Crippen LogP contribution in [0.25, 0.3) is 5.70 Å². The van der Waals surface area contributed by atoms with E-state index in [0.717, 1.165) is 16.8 Å². The second-order valence-corrected chi connectivity index (χ2v) is 7.29. The summed E-state index contributed by atoms with van der Waals surface area (Å²) >= 11 is 0. The van der Waals surface area contributed by atoms with Crippen molar-refractivity contribution in [3.8, 4) is 0 Å². The molecule has 3 heteroatoms. The molecule has 1 heterocycles. The van der Waals surface area contributed by atoms with Crippen LogP contribution in [0.15, 0.2) is 66.7 Å². The average molecular weight is 321 g/mol. The SMILES string of the molecule is CC(C)(C)[C@@]1(O)C=C(c2ccccc2)N(Cc2ccccc2)C1=O. The molecule has 0 unspecified atom stereocenters.